The van der Waals surface area contributed by atoms with E-state index in [1.165, 1.54) is 0 Å². The second-order valence-electron chi connectivity index (χ2n) is 4.81. The number of amides is 1. The molecule has 20 heavy (non-hydrogen) atoms. The molecule has 0 spiro atoms. The number of carbonyl (C=O) groups excluding carboxylic acids is 1. The van der Waals surface area contributed by atoms with Gasteiger partial charge in [0.1, 0.15) is 6.04 Å². The van der Waals surface area contributed by atoms with E-state index in [9.17, 15) is 4.79 Å². The van der Waals surface area contributed by atoms with Crippen LogP contribution in [0.5, 0.6) is 0 Å². The van der Waals surface area contributed by atoms with E-state index >= 15 is 0 Å². The molecule has 0 aromatic heterocycles. The predicted molar refractivity (Wildman–Crippen MR) is 80.6 cm³/mol. The van der Waals surface area contributed by atoms with Crippen LogP contribution in [-0.2, 0) is 9.53 Å². The van der Waals surface area contributed by atoms with E-state index in [4.69, 9.17) is 4.74 Å². The topological polar surface area (TPSA) is 53.6 Å². The van der Waals surface area contributed by atoms with Gasteiger partial charge in [-0.3, -0.25) is 9.69 Å². The van der Waals surface area contributed by atoms with Gasteiger partial charge < -0.3 is 15.4 Å². The third-order valence-corrected chi connectivity index (χ3v) is 2.96. The molecule has 1 aromatic carbocycles. The zero-order valence-electron chi connectivity index (χ0n) is 12.6. The Morgan fingerprint density at radius 3 is 2.50 bits per heavy atom. The average molecular weight is 279 g/mol. The van der Waals surface area contributed by atoms with Crippen LogP contribution >= 0.6 is 0 Å². The maximum atomic E-state index is 12.3. The van der Waals surface area contributed by atoms with Crippen molar-refractivity contribution in [2.75, 3.05) is 47.4 Å². The van der Waals surface area contributed by atoms with Gasteiger partial charge >= 0.3 is 0 Å². The van der Waals surface area contributed by atoms with Gasteiger partial charge in [-0.05, 0) is 19.7 Å². The van der Waals surface area contributed by atoms with Gasteiger partial charge in [-0.15, -0.1) is 0 Å². The molecule has 1 amide bonds. The van der Waals surface area contributed by atoms with E-state index in [2.05, 4.69) is 10.6 Å². The Balaban J connectivity index is 2.42. The highest BCUT2D eigenvalue weighted by molar-refractivity contribution is 5.83. The first-order valence-corrected chi connectivity index (χ1v) is 6.85. The summed E-state index contributed by atoms with van der Waals surface area (Å²) in [5.41, 5.74) is 1.00. The lowest BCUT2D eigenvalue weighted by atomic mass is 10.1. The number of ether oxygens (including phenoxy) is 1. The van der Waals surface area contributed by atoms with Crippen LogP contribution in [0.3, 0.4) is 0 Å². The zero-order valence-corrected chi connectivity index (χ0v) is 12.6. The minimum Gasteiger partial charge on any atom is -0.383 e. The molecule has 1 rings (SSSR count). The van der Waals surface area contributed by atoms with Crippen molar-refractivity contribution in [2.24, 2.45) is 0 Å². The number of benzene rings is 1. The Hall–Kier alpha value is -1.43. The predicted octanol–water partition coefficient (Wildman–Crippen LogP) is 0.642. The van der Waals surface area contributed by atoms with Gasteiger partial charge in [0.2, 0.25) is 5.91 Å². The fraction of sp³-hybridized carbons (Fsp3) is 0.533. The third kappa shape index (κ3) is 5.69. The number of nitrogens with one attached hydrogen (secondary N) is 2. The molecule has 1 unspecified atom stereocenters. The molecule has 112 valence electrons. The minimum absolute atomic E-state index is 0.0229. The van der Waals surface area contributed by atoms with Crippen molar-refractivity contribution in [3.05, 3.63) is 35.9 Å². The Bertz CT molecular complexity index is 382. The molecule has 5 nitrogen and oxygen atoms in total. The molecule has 2 N–H and O–H groups in total. The van der Waals surface area contributed by atoms with Crippen LogP contribution in [-0.4, -0.2) is 58.3 Å². The summed E-state index contributed by atoms with van der Waals surface area (Å²) in [6, 6.07) is 9.54. The van der Waals surface area contributed by atoms with E-state index in [0.29, 0.717) is 13.2 Å². The summed E-state index contributed by atoms with van der Waals surface area (Å²) in [6.07, 6.45) is 0. The third-order valence-electron chi connectivity index (χ3n) is 2.96. The lowest BCUT2D eigenvalue weighted by molar-refractivity contribution is -0.125. The normalized spacial score (nSPS) is 12.4. The molecule has 0 saturated heterocycles. The van der Waals surface area contributed by atoms with E-state index in [1.807, 2.05) is 49.3 Å². The quantitative estimate of drug-likeness (QED) is 0.652. The van der Waals surface area contributed by atoms with Crippen molar-refractivity contribution < 1.29 is 9.53 Å². The molecule has 0 heterocycles. The van der Waals surface area contributed by atoms with Gasteiger partial charge in [-0.25, -0.2) is 0 Å². The van der Waals surface area contributed by atoms with Crippen LogP contribution in [0, 0.1) is 0 Å². The van der Waals surface area contributed by atoms with Crippen LogP contribution in [0.25, 0.3) is 0 Å². The van der Waals surface area contributed by atoms with Gasteiger partial charge in [0.15, 0.2) is 0 Å². The van der Waals surface area contributed by atoms with E-state index < -0.39 is 0 Å². The lowest BCUT2D eigenvalue weighted by Crippen LogP contribution is -2.40. The fourth-order valence-electron chi connectivity index (χ4n) is 1.99. The highest BCUT2D eigenvalue weighted by Gasteiger charge is 2.21. The molecule has 0 aliphatic rings. The van der Waals surface area contributed by atoms with Crippen LogP contribution in [0.4, 0.5) is 0 Å². The molecule has 0 radical (unpaired) electrons. The van der Waals surface area contributed by atoms with Gasteiger partial charge in [-0.1, -0.05) is 30.3 Å². The van der Waals surface area contributed by atoms with Crippen molar-refractivity contribution in [2.45, 2.75) is 6.04 Å². The SMILES string of the molecule is COCCNCCNC(=O)C(c1ccccc1)N(C)C. The first-order chi connectivity index (χ1) is 9.66. The molecule has 0 aliphatic heterocycles. The number of rotatable bonds is 9. The smallest absolute Gasteiger partial charge is 0.241 e. The monoisotopic (exact) mass is 279 g/mol. The van der Waals surface area contributed by atoms with Crippen LogP contribution in [0.2, 0.25) is 0 Å². The summed E-state index contributed by atoms with van der Waals surface area (Å²) in [5, 5.41) is 6.15. The molecule has 0 bridgehead atoms. The molecule has 0 aliphatic carbocycles. The van der Waals surface area contributed by atoms with Crippen molar-refractivity contribution in [3.63, 3.8) is 0 Å². The van der Waals surface area contributed by atoms with Gasteiger partial charge in [0.05, 0.1) is 6.61 Å². The Labute approximate surface area is 121 Å². The molecule has 1 aromatic rings. The number of nitrogens with zero attached hydrogens (tertiary/aromatic N) is 1. The largest absolute Gasteiger partial charge is 0.383 e. The highest BCUT2D eigenvalue weighted by atomic mass is 16.5. The van der Waals surface area contributed by atoms with E-state index in [-0.39, 0.29) is 11.9 Å². The number of likely N-dealkylation sites (N-methyl/N-ethyl adjacent to an activating group) is 1. The van der Waals surface area contributed by atoms with E-state index in [1.54, 1.807) is 7.11 Å². The van der Waals surface area contributed by atoms with Gasteiger partial charge in [0.25, 0.3) is 0 Å². The maximum absolute atomic E-state index is 12.3. The van der Waals surface area contributed by atoms with Crippen LogP contribution < -0.4 is 10.6 Å². The van der Waals surface area contributed by atoms with Gasteiger partial charge in [-0.2, -0.15) is 0 Å². The first-order valence-electron chi connectivity index (χ1n) is 6.85. The number of carbonyl (C=O) groups is 1. The summed E-state index contributed by atoms with van der Waals surface area (Å²) >= 11 is 0. The minimum atomic E-state index is -0.254. The highest BCUT2D eigenvalue weighted by Crippen LogP contribution is 2.17. The van der Waals surface area contributed by atoms with Gasteiger partial charge in [0, 0.05) is 26.7 Å². The van der Waals surface area contributed by atoms with Crippen molar-refractivity contribution >= 4 is 5.91 Å². The molecule has 1 atom stereocenters. The summed E-state index contributed by atoms with van der Waals surface area (Å²) in [5.74, 6) is 0.0229. The molecule has 0 saturated carbocycles. The van der Waals surface area contributed by atoms with Crippen LogP contribution in [0.15, 0.2) is 30.3 Å². The fourth-order valence-corrected chi connectivity index (χ4v) is 1.99. The Morgan fingerprint density at radius 2 is 1.90 bits per heavy atom. The van der Waals surface area contributed by atoms with Crippen molar-refractivity contribution in [3.8, 4) is 0 Å². The van der Waals surface area contributed by atoms with Crippen molar-refractivity contribution in [1.82, 2.24) is 15.5 Å². The second kappa shape index (κ2) is 9.47. The second-order valence-corrected chi connectivity index (χ2v) is 4.81. The average Bonchev–Trinajstić information content (AvgIpc) is 2.43. The standard InChI is InChI=1S/C15H25N3O2/c1-18(2)14(13-7-5-4-6-8-13)15(19)17-10-9-16-11-12-20-3/h4-8,14,16H,9-12H2,1-3H3,(H,17,19). The Kier molecular flexibility index (Phi) is 7.87. The zero-order chi connectivity index (χ0) is 14.8. The summed E-state index contributed by atoms with van der Waals surface area (Å²) in [6.45, 7) is 2.82. The first kappa shape index (κ1) is 16.6. The molecular weight excluding hydrogens is 254 g/mol. The number of methoxy groups -OCH3 is 1. The summed E-state index contributed by atoms with van der Waals surface area (Å²) in [7, 11) is 5.49. The lowest BCUT2D eigenvalue weighted by Gasteiger charge is -2.23. The molecule has 0 fully saturated rings. The summed E-state index contributed by atoms with van der Waals surface area (Å²) in [4.78, 5) is 14.2. The van der Waals surface area contributed by atoms with Crippen LogP contribution in [0.1, 0.15) is 11.6 Å². The molecule has 5 heteroatoms. The van der Waals surface area contributed by atoms with E-state index in [0.717, 1.165) is 18.7 Å². The Morgan fingerprint density at radius 1 is 1.20 bits per heavy atom. The summed E-state index contributed by atoms with van der Waals surface area (Å²) < 4.78 is 4.94. The van der Waals surface area contributed by atoms with Crippen molar-refractivity contribution in [1.29, 1.82) is 0 Å². The number of hydrogen-bond acceptors (Lipinski definition) is 4. The maximum Gasteiger partial charge on any atom is 0.241 e. The number of hydrogen-bond donors (Lipinski definition) is 2. The molecular formula is C15H25N3O2.